The van der Waals surface area contributed by atoms with Gasteiger partial charge in [0.1, 0.15) is 0 Å². The summed E-state index contributed by atoms with van der Waals surface area (Å²) in [7, 11) is 0. The van der Waals surface area contributed by atoms with E-state index in [1.165, 1.54) is 18.4 Å². The molecule has 0 heteroatoms. The first kappa shape index (κ1) is 13.2. The maximum atomic E-state index is 2.34. The van der Waals surface area contributed by atoms with Gasteiger partial charge >= 0.3 is 0 Å². The molecule has 0 amide bonds. The van der Waals surface area contributed by atoms with Gasteiger partial charge in [0.25, 0.3) is 0 Å². The third kappa shape index (κ3) is 3.17. The second-order valence-corrected chi connectivity index (χ2v) is 3.63. The molecular weight excluding hydrogens is 168 g/mol. The van der Waals surface area contributed by atoms with Crippen LogP contribution in [0.25, 0.3) is 0 Å². The molecule has 0 radical (unpaired) electrons. The topological polar surface area (TPSA) is 0 Å². The molecule has 80 valence electrons. The molecule has 1 rings (SSSR count). The summed E-state index contributed by atoms with van der Waals surface area (Å²) in [5.74, 6) is 0. The van der Waals surface area contributed by atoms with Gasteiger partial charge in [-0.1, -0.05) is 65.0 Å². The average molecular weight is 192 g/mol. The summed E-state index contributed by atoms with van der Waals surface area (Å²) in [5, 5.41) is 0. The molecule has 0 aliphatic heterocycles. The Hall–Kier alpha value is -0.780. The highest BCUT2D eigenvalue weighted by Gasteiger charge is 2.20. The lowest BCUT2D eigenvalue weighted by Gasteiger charge is -2.27. The smallest absolute Gasteiger partial charge is 0.00805 e. The number of hydrogen-bond acceptors (Lipinski definition) is 0. The van der Waals surface area contributed by atoms with E-state index in [2.05, 4.69) is 51.1 Å². The van der Waals surface area contributed by atoms with Crippen molar-refractivity contribution in [1.82, 2.24) is 0 Å². The molecule has 1 aromatic rings. The predicted molar refractivity (Wildman–Crippen MR) is 65.7 cm³/mol. The van der Waals surface area contributed by atoms with E-state index in [4.69, 9.17) is 0 Å². The maximum absolute atomic E-state index is 2.34. The predicted octanol–water partition coefficient (Wildman–Crippen LogP) is 4.79. The molecule has 0 saturated carbocycles. The van der Waals surface area contributed by atoms with Gasteiger partial charge in [-0.15, -0.1) is 0 Å². The van der Waals surface area contributed by atoms with Crippen molar-refractivity contribution in [3.63, 3.8) is 0 Å². The molecule has 14 heavy (non-hydrogen) atoms. The molecule has 0 atom stereocenters. The van der Waals surface area contributed by atoms with Crippen LogP contribution in [-0.4, -0.2) is 0 Å². The van der Waals surface area contributed by atoms with Crippen LogP contribution in [0.2, 0.25) is 0 Å². The van der Waals surface area contributed by atoms with E-state index in [9.17, 15) is 0 Å². The Bertz CT molecular complexity index is 219. The van der Waals surface area contributed by atoms with E-state index in [0.717, 1.165) is 0 Å². The molecule has 0 aliphatic rings. The van der Waals surface area contributed by atoms with E-state index in [1.807, 2.05) is 13.8 Å². The highest BCUT2D eigenvalue weighted by molar-refractivity contribution is 5.23. The highest BCUT2D eigenvalue weighted by atomic mass is 14.2. The minimum Gasteiger partial charge on any atom is -0.0683 e. The van der Waals surface area contributed by atoms with Crippen LogP contribution in [-0.2, 0) is 5.41 Å². The Morgan fingerprint density at radius 1 is 0.929 bits per heavy atom. The van der Waals surface area contributed by atoms with Crippen LogP contribution in [0.5, 0.6) is 0 Å². The van der Waals surface area contributed by atoms with Crippen LogP contribution >= 0.6 is 0 Å². The summed E-state index contributed by atoms with van der Waals surface area (Å²) in [6.07, 6.45) is 2.43. The first-order valence-corrected chi connectivity index (χ1v) is 5.78. The van der Waals surface area contributed by atoms with Gasteiger partial charge in [-0.3, -0.25) is 0 Å². The van der Waals surface area contributed by atoms with Crippen molar-refractivity contribution in [3.8, 4) is 0 Å². The van der Waals surface area contributed by atoms with Crippen molar-refractivity contribution in [2.24, 2.45) is 0 Å². The molecular formula is C14H24. The monoisotopic (exact) mass is 192 g/mol. The first-order valence-electron chi connectivity index (χ1n) is 5.78. The van der Waals surface area contributed by atoms with Crippen LogP contribution in [0.15, 0.2) is 30.3 Å². The van der Waals surface area contributed by atoms with E-state index in [0.29, 0.717) is 5.41 Å². The van der Waals surface area contributed by atoms with Crippen molar-refractivity contribution < 1.29 is 0 Å². The van der Waals surface area contributed by atoms with Crippen LogP contribution in [0.4, 0.5) is 0 Å². The largest absolute Gasteiger partial charge is 0.0683 e. The van der Waals surface area contributed by atoms with E-state index < -0.39 is 0 Å². The Morgan fingerprint density at radius 3 is 1.71 bits per heavy atom. The van der Waals surface area contributed by atoms with Crippen LogP contribution < -0.4 is 0 Å². The Labute approximate surface area is 89.4 Å². The van der Waals surface area contributed by atoms with Gasteiger partial charge in [0.15, 0.2) is 0 Å². The lowest BCUT2D eigenvalue weighted by molar-refractivity contribution is 0.439. The van der Waals surface area contributed by atoms with Crippen molar-refractivity contribution in [1.29, 1.82) is 0 Å². The lowest BCUT2D eigenvalue weighted by atomic mass is 9.78. The summed E-state index contributed by atoms with van der Waals surface area (Å²) < 4.78 is 0. The van der Waals surface area contributed by atoms with E-state index in [-0.39, 0.29) is 0 Å². The quantitative estimate of drug-likeness (QED) is 0.646. The van der Waals surface area contributed by atoms with Crippen molar-refractivity contribution >= 4 is 0 Å². The SMILES string of the molecule is CC.CCC(C)(CC)c1ccccc1. The Balaban J connectivity index is 0.000000791. The fourth-order valence-electron chi connectivity index (χ4n) is 1.50. The normalized spacial score (nSPS) is 10.4. The van der Waals surface area contributed by atoms with Crippen molar-refractivity contribution in [2.45, 2.75) is 52.9 Å². The van der Waals surface area contributed by atoms with E-state index in [1.54, 1.807) is 0 Å². The summed E-state index contributed by atoms with van der Waals surface area (Å²) in [4.78, 5) is 0. The number of benzene rings is 1. The molecule has 0 aromatic heterocycles. The molecule has 0 heterocycles. The van der Waals surface area contributed by atoms with Crippen LogP contribution in [0, 0.1) is 0 Å². The third-order valence-corrected chi connectivity index (χ3v) is 3.03. The van der Waals surface area contributed by atoms with Gasteiger partial charge in [0, 0.05) is 0 Å². The minimum atomic E-state index is 0.376. The molecule has 0 bridgehead atoms. The molecule has 1 aromatic carbocycles. The summed E-state index contributed by atoms with van der Waals surface area (Å²) in [6, 6.07) is 10.8. The standard InChI is InChI=1S/C12H18.C2H6/c1-4-12(3,5-2)11-9-7-6-8-10-11;1-2/h6-10H,4-5H2,1-3H3;1-2H3. The average Bonchev–Trinajstić information content (AvgIpc) is 2.32. The fraction of sp³-hybridized carbons (Fsp3) is 0.571. The maximum Gasteiger partial charge on any atom is -0.00805 e. The Kier molecular flexibility index (Phi) is 6.27. The summed E-state index contributed by atoms with van der Waals surface area (Å²) in [5.41, 5.74) is 1.84. The zero-order valence-corrected chi connectivity index (χ0v) is 10.3. The Morgan fingerprint density at radius 2 is 1.36 bits per heavy atom. The van der Waals surface area contributed by atoms with Crippen LogP contribution in [0.1, 0.15) is 53.0 Å². The van der Waals surface area contributed by atoms with Gasteiger partial charge in [0.2, 0.25) is 0 Å². The molecule has 0 unspecified atom stereocenters. The van der Waals surface area contributed by atoms with Gasteiger partial charge in [0.05, 0.1) is 0 Å². The molecule has 0 spiro atoms. The van der Waals surface area contributed by atoms with E-state index >= 15 is 0 Å². The van der Waals surface area contributed by atoms with Gasteiger partial charge in [-0.25, -0.2) is 0 Å². The molecule has 0 nitrogen and oxygen atoms in total. The van der Waals surface area contributed by atoms with Crippen molar-refractivity contribution in [2.75, 3.05) is 0 Å². The zero-order valence-electron chi connectivity index (χ0n) is 10.3. The molecule has 0 N–H and O–H groups in total. The van der Waals surface area contributed by atoms with Crippen LogP contribution in [0.3, 0.4) is 0 Å². The lowest BCUT2D eigenvalue weighted by Crippen LogP contribution is -2.18. The second kappa shape index (κ2) is 6.64. The summed E-state index contributed by atoms with van der Waals surface area (Å²) in [6.45, 7) is 10.9. The fourth-order valence-corrected chi connectivity index (χ4v) is 1.50. The molecule has 0 fully saturated rings. The van der Waals surface area contributed by atoms with Gasteiger partial charge in [-0.2, -0.15) is 0 Å². The van der Waals surface area contributed by atoms with Gasteiger partial charge in [-0.05, 0) is 23.8 Å². The molecule has 0 saturated heterocycles. The third-order valence-electron chi connectivity index (χ3n) is 3.03. The highest BCUT2D eigenvalue weighted by Crippen LogP contribution is 2.30. The van der Waals surface area contributed by atoms with Gasteiger partial charge < -0.3 is 0 Å². The first-order chi connectivity index (χ1) is 6.73. The number of rotatable bonds is 3. The van der Waals surface area contributed by atoms with Crippen molar-refractivity contribution in [3.05, 3.63) is 35.9 Å². The zero-order chi connectivity index (χ0) is 11.0. The molecule has 0 aliphatic carbocycles. The second-order valence-electron chi connectivity index (χ2n) is 3.63. The number of hydrogen-bond donors (Lipinski definition) is 0. The minimum absolute atomic E-state index is 0.376. The summed E-state index contributed by atoms with van der Waals surface area (Å²) >= 11 is 0.